The molecule has 0 bridgehead atoms. The predicted octanol–water partition coefficient (Wildman–Crippen LogP) is 1.51. The van der Waals surface area contributed by atoms with E-state index < -0.39 is 6.36 Å². The molecule has 15 heavy (non-hydrogen) atoms. The Morgan fingerprint density at radius 2 is 2.20 bits per heavy atom. The Morgan fingerprint density at radius 1 is 1.47 bits per heavy atom. The molecule has 0 N–H and O–H groups in total. The number of fused-ring (bicyclic) bond motifs is 1. The van der Waals surface area contributed by atoms with E-state index in [1.807, 2.05) is 0 Å². The van der Waals surface area contributed by atoms with Gasteiger partial charge in [0.25, 0.3) is 0 Å². The fourth-order valence-corrected chi connectivity index (χ4v) is 1.41. The second-order valence-corrected chi connectivity index (χ2v) is 3.13. The molecule has 2 rings (SSSR count). The van der Waals surface area contributed by atoms with E-state index in [0.29, 0.717) is 18.8 Å². The monoisotopic (exact) mass is 219 g/mol. The summed E-state index contributed by atoms with van der Waals surface area (Å²) in [5.74, 6) is -0.134. The third kappa shape index (κ3) is 2.11. The van der Waals surface area contributed by atoms with Gasteiger partial charge in [0, 0.05) is 6.08 Å². The van der Waals surface area contributed by atoms with Crippen molar-refractivity contribution in [3.8, 4) is 0 Å². The van der Waals surface area contributed by atoms with Gasteiger partial charge in [0.2, 0.25) is 0 Å². The molecule has 0 atom stereocenters. The summed E-state index contributed by atoms with van der Waals surface area (Å²) in [6.07, 6.45) is -3.46. The van der Waals surface area contributed by atoms with Crippen LogP contribution in [-0.2, 0) is 4.74 Å². The number of alkyl halides is 3. The van der Waals surface area contributed by atoms with Gasteiger partial charge in [0.05, 0.1) is 18.8 Å². The van der Waals surface area contributed by atoms with Gasteiger partial charge in [-0.25, -0.2) is 5.01 Å². The Balaban J connectivity index is 2.25. The molecule has 2 heterocycles. The molecule has 7 heteroatoms. The van der Waals surface area contributed by atoms with Gasteiger partial charge in [0.1, 0.15) is 0 Å². The molecule has 0 unspecified atom stereocenters. The molecular weight excluding hydrogens is 211 g/mol. The molecule has 0 spiro atoms. The van der Waals surface area contributed by atoms with Gasteiger partial charge in [-0.15, -0.1) is 13.2 Å². The highest BCUT2D eigenvalue weighted by Crippen LogP contribution is 2.25. The number of amidine groups is 1. The van der Waals surface area contributed by atoms with Crippen molar-refractivity contribution in [1.82, 2.24) is 5.01 Å². The Hall–Kier alpha value is -1.53. The van der Waals surface area contributed by atoms with Gasteiger partial charge in [-0.2, -0.15) is 5.10 Å². The average Bonchev–Trinajstić information content (AvgIpc) is 2.48. The van der Waals surface area contributed by atoms with Crippen molar-refractivity contribution in [3.63, 3.8) is 0 Å². The molecule has 0 aromatic heterocycles. The Kier molecular flexibility index (Phi) is 2.17. The third-order valence-corrected chi connectivity index (χ3v) is 1.88. The van der Waals surface area contributed by atoms with Crippen LogP contribution in [0.5, 0.6) is 0 Å². The lowest BCUT2D eigenvalue weighted by Crippen LogP contribution is -2.31. The molecule has 0 aromatic rings. The summed E-state index contributed by atoms with van der Waals surface area (Å²) in [4.78, 5) is 3.90. The maximum absolute atomic E-state index is 12.0. The first-order chi connectivity index (χ1) is 6.96. The van der Waals surface area contributed by atoms with Crippen LogP contribution in [0.2, 0.25) is 0 Å². The van der Waals surface area contributed by atoms with Gasteiger partial charge < -0.3 is 4.74 Å². The topological polar surface area (TPSA) is 37.2 Å². The number of hydrogen-bond acceptors (Lipinski definition) is 4. The van der Waals surface area contributed by atoms with Gasteiger partial charge in [-0.05, 0) is 6.92 Å². The second kappa shape index (κ2) is 3.25. The Labute approximate surface area is 83.7 Å². The minimum Gasteiger partial charge on any atom is -0.402 e. The molecule has 0 saturated heterocycles. The number of hydrazone groups is 1. The molecule has 82 valence electrons. The van der Waals surface area contributed by atoms with E-state index >= 15 is 0 Å². The van der Waals surface area contributed by atoms with E-state index in [1.54, 1.807) is 6.92 Å². The van der Waals surface area contributed by atoms with Crippen molar-refractivity contribution < 1.29 is 17.9 Å². The van der Waals surface area contributed by atoms with Crippen molar-refractivity contribution >= 4 is 11.5 Å². The summed E-state index contributed by atoms with van der Waals surface area (Å²) in [6.45, 7) is 2.53. The zero-order valence-corrected chi connectivity index (χ0v) is 7.88. The lowest BCUT2D eigenvalue weighted by Gasteiger charge is -2.22. The first-order valence-electron chi connectivity index (χ1n) is 4.31. The summed E-state index contributed by atoms with van der Waals surface area (Å²) < 4.78 is 40.0. The highest BCUT2D eigenvalue weighted by molar-refractivity contribution is 6.08. The highest BCUT2D eigenvalue weighted by atomic mass is 19.4. The molecular formula is C8H8F3N3O. The number of ether oxygens (including phenoxy) is 1. The van der Waals surface area contributed by atoms with E-state index in [1.165, 1.54) is 11.1 Å². The summed E-state index contributed by atoms with van der Waals surface area (Å²) >= 11 is 0. The summed E-state index contributed by atoms with van der Waals surface area (Å²) in [6, 6.07) is 0. The number of rotatable bonds is 1. The fourth-order valence-electron chi connectivity index (χ4n) is 1.41. The molecule has 2 aliphatic rings. The minimum atomic E-state index is -4.69. The van der Waals surface area contributed by atoms with E-state index in [9.17, 15) is 13.2 Å². The van der Waals surface area contributed by atoms with Crippen LogP contribution in [-0.4, -0.2) is 36.0 Å². The van der Waals surface area contributed by atoms with E-state index in [4.69, 9.17) is 0 Å². The first kappa shape index (κ1) is 10.0. The zero-order chi connectivity index (χ0) is 11.1. The summed E-state index contributed by atoms with van der Waals surface area (Å²) in [5, 5.41) is 5.43. The number of aliphatic imine (C=N–C) groups is 1. The van der Waals surface area contributed by atoms with Crippen LogP contribution in [0, 0.1) is 0 Å². The zero-order valence-electron chi connectivity index (χ0n) is 7.88. The van der Waals surface area contributed by atoms with Crippen LogP contribution in [0.4, 0.5) is 13.2 Å². The maximum Gasteiger partial charge on any atom is 0.573 e. The first-order valence-corrected chi connectivity index (χ1v) is 4.31. The largest absolute Gasteiger partial charge is 0.573 e. The van der Waals surface area contributed by atoms with Crippen molar-refractivity contribution in [2.45, 2.75) is 13.3 Å². The normalized spacial score (nSPS) is 20.5. The lowest BCUT2D eigenvalue weighted by atomic mass is 10.3. The average molecular weight is 219 g/mol. The number of halogens is 3. The Morgan fingerprint density at radius 3 is 2.87 bits per heavy atom. The van der Waals surface area contributed by atoms with Gasteiger partial charge in [-0.1, -0.05) is 0 Å². The van der Waals surface area contributed by atoms with E-state index in [-0.39, 0.29) is 11.6 Å². The smallest absolute Gasteiger partial charge is 0.402 e. The van der Waals surface area contributed by atoms with Crippen LogP contribution in [0.1, 0.15) is 6.92 Å². The van der Waals surface area contributed by atoms with Crippen molar-refractivity contribution in [2.24, 2.45) is 10.1 Å². The van der Waals surface area contributed by atoms with Crippen molar-refractivity contribution in [1.29, 1.82) is 0 Å². The minimum absolute atomic E-state index is 0.151. The molecule has 4 nitrogen and oxygen atoms in total. The molecule has 0 aliphatic carbocycles. The highest BCUT2D eigenvalue weighted by Gasteiger charge is 2.36. The molecule has 0 radical (unpaired) electrons. The molecule has 0 fully saturated rings. The lowest BCUT2D eigenvalue weighted by molar-refractivity contribution is -0.302. The van der Waals surface area contributed by atoms with Gasteiger partial charge >= 0.3 is 6.36 Å². The molecule has 0 saturated carbocycles. The number of hydrogen-bond donors (Lipinski definition) is 0. The number of allylic oxidation sites excluding steroid dienone is 1. The van der Waals surface area contributed by atoms with Crippen LogP contribution in [0.15, 0.2) is 21.9 Å². The fraction of sp³-hybridized carbons (Fsp3) is 0.500. The SMILES string of the molecule is CC1=NN2CCN=C2C(OC(F)(F)F)=C1. The quantitative estimate of drug-likeness (QED) is 0.670. The summed E-state index contributed by atoms with van der Waals surface area (Å²) in [5.41, 5.74) is 0.468. The van der Waals surface area contributed by atoms with Crippen LogP contribution >= 0.6 is 0 Å². The maximum atomic E-state index is 12.0. The van der Waals surface area contributed by atoms with E-state index in [0.717, 1.165) is 0 Å². The Bertz CT molecular complexity index is 370. The van der Waals surface area contributed by atoms with Gasteiger partial charge in [0.15, 0.2) is 11.6 Å². The van der Waals surface area contributed by atoms with Crippen molar-refractivity contribution in [2.75, 3.05) is 13.1 Å². The number of nitrogens with zero attached hydrogens (tertiary/aromatic N) is 3. The van der Waals surface area contributed by atoms with E-state index in [2.05, 4.69) is 14.8 Å². The van der Waals surface area contributed by atoms with Crippen LogP contribution in [0.25, 0.3) is 0 Å². The van der Waals surface area contributed by atoms with Crippen molar-refractivity contribution in [3.05, 3.63) is 11.8 Å². The van der Waals surface area contributed by atoms with Crippen LogP contribution in [0.3, 0.4) is 0 Å². The molecule has 0 aromatic carbocycles. The standard InChI is InChI=1S/C8H8F3N3O/c1-5-4-6(15-8(9,10)11)7-12-2-3-14(7)13-5/h4H,2-3H2,1H3. The molecule has 2 aliphatic heterocycles. The van der Waals surface area contributed by atoms with Crippen LogP contribution < -0.4 is 0 Å². The molecule has 0 amide bonds. The third-order valence-electron chi connectivity index (χ3n) is 1.88. The predicted molar refractivity (Wildman–Crippen MR) is 47.3 cm³/mol. The summed E-state index contributed by atoms with van der Waals surface area (Å²) in [7, 11) is 0. The second-order valence-electron chi connectivity index (χ2n) is 3.13. The van der Waals surface area contributed by atoms with Gasteiger partial charge in [-0.3, -0.25) is 4.99 Å².